The lowest BCUT2D eigenvalue weighted by atomic mass is 10.2. The Morgan fingerprint density at radius 3 is 2.78 bits per heavy atom. The summed E-state index contributed by atoms with van der Waals surface area (Å²) in [5.41, 5.74) is 2.10. The number of benzene rings is 1. The van der Waals surface area contributed by atoms with Crippen molar-refractivity contribution in [2.75, 3.05) is 30.9 Å². The van der Waals surface area contributed by atoms with E-state index in [1.807, 2.05) is 31.1 Å². The minimum absolute atomic E-state index is 0.314. The van der Waals surface area contributed by atoms with Gasteiger partial charge in [0.25, 0.3) is 0 Å². The van der Waals surface area contributed by atoms with Crippen LogP contribution < -0.4 is 10.2 Å². The lowest BCUT2D eigenvalue weighted by Crippen LogP contribution is -2.21. The quantitative estimate of drug-likeness (QED) is 0.906. The van der Waals surface area contributed by atoms with Gasteiger partial charge in [-0.3, -0.25) is 0 Å². The molecule has 0 spiro atoms. The second-order valence-electron chi connectivity index (χ2n) is 5.06. The van der Waals surface area contributed by atoms with Crippen molar-refractivity contribution < 1.29 is 4.74 Å². The van der Waals surface area contributed by atoms with Gasteiger partial charge in [0.05, 0.1) is 28.6 Å². The average Bonchev–Trinajstić information content (AvgIpc) is 2.72. The molecule has 0 radical (unpaired) electrons. The molecule has 1 aromatic carbocycles. The average molecular weight is 269 g/mol. The largest absolute Gasteiger partial charge is 0.381 e. The van der Waals surface area contributed by atoms with Crippen molar-refractivity contribution in [3.8, 4) is 0 Å². The first-order valence-corrected chi connectivity index (χ1v) is 6.81. The summed E-state index contributed by atoms with van der Waals surface area (Å²) in [7, 11) is 4.00. The Balaban J connectivity index is 2.03. The molecule has 3 nitrogen and oxygen atoms in total. The zero-order valence-electron chi connectivity index (χ0n) is 11.2. The van der Waals surface area contributed by atoms with Crippen LogP contribution in [0.4, 0.5) is 11.4 Å². The first kappa shape index (κ1) is 13.5. The highest BCUT2D eigenvalue weighted by atomic mass is 35.5. The first-order chi connectivity index (χ1) is 8.58. The molecule has 0 amide bonds. The fourth-order valence-corrected chi connectivity index (χ4v) is 2.72. The number of rotatable bonds is 4. The third-order valence-electron chi connectivity index (χ3n) is 3.27. The third kappa shape index (κ3) is 3.09. The standard InChI is InChI=1S/C14H21ClN2O/c1-10-7-8-11(18-10)9-16-13-6-4-5-12(15)14(13)17(2)3/h4-6,10-11,16H,7-9H2,1-3H3. The zero-order valence-corrected chi connectivity index (χ0v) is 12.0. The van der Waals surface area contributed by atoms with Crippen molar-refractivity contribution in [1.82, 2.24) is 0 Å². The van der Waals surface area contributed by atoms with E-state index in [-0.39, 0.29) is 0 Å². The number of nitrogens with one attached hydrogen (secondary N) is 1. The predicted molar refractivity (Wildman–Crippen MR) is 77.8 cm³/mol. The Morgan fingerprint density at radius 1 is 1.39 bits per heavy atom. The smallest absolute Gasteiger partial charge is 0.0786 e. The Bertz CT molecular complexity index is 409. The van der Waals surface area contributed by atoms with Crippen molar-refractivity contribution in [3.05, 3.63) is 23.2 Å². The minimum Gasteiger partial charge on any atom is -0.381 e. The molecule has 2 rings (SSSR count). The summed E-state index contributed by atoms with van der Waals surface area (Å²) >= 11 is 6.23. The molecule has 2 unspecified atom stereocenters. The number of para-hydroxylation sites is 1. The zero-order chi connectivity index (χ0) is 13.1. The molecule has 2 atom stereocenters. The van der Waals surface area contributed by atoms with Crippen molar-refractivity contribution >= 4 is 23.0 Å². The molecule has 0 aromatic heterocycles. The summed E-state index contributed by atoms with van der Waals surface area (Å²) in [5, 5.41) is 4.22. The Labute approximate surface area is 114 Å². The molecule has 1 aliphatic heterocycles. The molecule has 0 saturated carbocycles. The van der Waals surface area contributed by atoms with E-state index in [9.17, 15) is 0 Å². The van der Waals surface area contributed by atoms with Gasteiger partial charge in [-0.25, -0.2) is 0 Å². The molecule has 0 aliphatic carbocycles. The highest BCUT2D eigenvalue weighted by Crippen LogP contribution is 2.32. The first-order valence-electron chi connectivity index (χ1n) is 6.43. The van der Waals surface area contributed by atoms with Gasteiger partial charge in [-0.1, -0.05) is 17.7 Å². The van der Waals surface area contributed by atoms with Gasteiger partial charge in [-0.2, -0.15) is 0 Å². The number of nitrogens with zero attached hydrogens (tertiary/aromatic N) is 1. The molecule has 1 aliphatic rings. The van der Waals surface area contributed by atoms with Crippen molar-refractivity contribution in [2.45, 2.75) is 32.0 Å². The second-order valence-corrected chi connectivity index (χ2v) is 5.46. The molecule has 1 saturated heterocycles. The fourth-order valence-electron chi connectivity index (χ4n) is 2.37. The maximum absolute atomic E-state index is 6.23. The van der Waals surface area contributed by atoms with Crippen LogP contribution in [0.2, 0.25) is 5.02 Å². The van der Waals surface area contributed by atoms with E-state index in [1.54, 1.807) is 0 Å². The highest BCUT2D eigenvalue weighted by molar-refractivity contribution is 6.34. The number of hydrogen-bond donors (Lipinski definition) is 1. The van der Waals surface area contributed by atoms with Crippen LogP contribution >= 0.6 is 11.6 Å². The number of ether oxygens (including phenoxy) is 1. The van der Waals surface area contributed by atoms with Crippen LogP contribution in [-0.4, -0.2) is 32.8 Å². The molecular formula is C14H21ClN2O. The van der Waals surface area contributed by atoms with Crippen molar-refractivity contribution in [1.29, 1.82) is 0 Å². The normalized spacial score (nSPS) is 23.1. The van der Waals surface area contributed by atoms with E-state index < -0.39 is 0 Å². The van der Waals surface area contributed by atoms with Gasteiger partial charge in [0.2, 0.25) is 0 Å². The lowest BCUT2D eigenvalue weighted by Gasteiger charge is -2.21. The van der Waals surface area contributed by atoms with Crippen LogP contribution in [0.1, 0.15) is 19.8 Å². The van der Waals surface area contributed by atoms with Gasteiger partial charge in [-0.15, -0.1) is 0 Å². The highest BCUT2D eigenvalue weighted by Gasteiger charge is 2.21. The summed E-state index contributed by atoms with van der Waals surface area (Å²) in [5.74, 6) is 0. The Kier molecular flexibility index (Phi) is 4.36. The maximum Gasteiger partial charge on any atom is 0.0786 e. The van der Waals surface area contributed by atoms with E-state index in [1.165, 1.54) is 0 Å². The molecule has 100 valence electrons. The summed E-state index contributed by atoms with van der Waals surface area (Å²) in [6, 6.07) is 5.94. The van der Waals surface area contributed by atoms with Gasteiger partial charge in [-0.05, 0) is 31.9 Å². The molecule has 18 heavy (non-hydrogen) atoms. The van der Waals surface area contributed by atoms with Crippen LogP contribution in [0.25, 0.3) is 0 Å². The van der Waals surface area contributed by atoms with Crippen LogP contribution in [0, 0.1) is 0 Å². The maximum atomic E-state index is 6.23. The molecule has 1 fully saturated rings. The molecule has 1 N–H and O–H groups in total. The summed E-state index contributed by atoms with van der Waals surface area (Å²) in [6.45, 7) is 2.97. The third-order valence-corrected chi connectivity index (χ3v) is 3.58. The minimum atomic E-state index is 0.314. The molecule has 0 bridgehead atoms. The van der Waals surface area contributed by atoms with Gasteiger partial charge < -0.3 is 15.0 Å². The Hall–Kier alpha value is -0.930. The van der Waals surface area contributed by atoms with Gasteiger partial charge >= 0.3 is 0 Å². The van der Waals surface area contributed by atoms with E-state index >= 15 is 0 Å². The summed E-state index contributed by atoms with van der Waals surface area (Å²) in [6.07, 6.45) is 2.99. The topological polar surface area (TPSA) is 24.5 Å². The number of halogens is 1. The molecule has 1 heterocycles. The predicted octanol–water partition coefficient (Wildman–Crippen LogP) is 3.39. The van der Waals surface area contributed by atoms with Gasteiger partial charge in [0.15, 0.2) is 0 Å². The van der Waals surface area contributed by atoms with E-state index in [0.717, 1.165) is 35.8 Å². The van der Waals surface area contributed by atoms with Crippen LogP contribution in [0.3, 0.4) is 0 Å². The van der Waals surface area contributed by atoms with E-state index in [4.69, 9.17) is 16.3 Å². The van der Waals surface area contributed by atoms with Crippen LogP contribution in [0.5, 0.6) is 0 Å². The van der Waals surface area contributed by atoms with Crippen LogP contribution in [0.15, 0.2) is 18.2 Å². The summed E-state index contributed by atoms with van der Waals surface area (Å²) in [4.78, 5) is 2.03. The number of hydrogen-bond acceptors (Lipinski definition) is 3. The van der Waals surface area contributed by atoms with Crippen molar-refractivity contribution in [3.63, 3.8) is 0 Å². The molecule has 1 aromatic rings. The molecule has 4 heteroatoms. The monoisotopic (exact) mass is 268 g/mol. The van der Waals surface area contributed by atoms with Gasteiger partial charge in [0, 0.05) is 20.6 Å². The number of anilines is 2. The lowest BCUT2D eigenvalue weighted by molar-refractivity contribution is 0.0637. The molecular weight excluding hydrogens is 248 g/mol. The Morgan fingerprint density at radius 2 is 2.17 bits per heavy atom. The van der Waals surface area contributed by atoms with Crippen molar-refractivity contribution in [2.24, 2.45) is 0 Å². The van der Waals surface area contributed by atoms with E-state index in [0.29, 0.717) is 12.2 Å². The second kappa shape index (κ2) is 5.81. The SMILES string of the molecule is CC1CCC(CNc2cccc(Cl)c2N(C)C)O1. The van der Waals surface area contributed by atoms with Gasteiger partial charge in [0.1, 0.15) is 0 Å². The summed E-state index contributed by atoms with van der Waals surface area (Å²) < 4.78 is 5.80. The van der Waals surface area contributed by atoms with E-state index in [2.05, 4.69) is 18.3 Å². The van der Waals surface area contributed by atoms with Crippen LogP contribution in [-0.2, 0) is 4.74 Å². The fraction of sp³-hybridized carbons (Fsp3) is 0.571.